The fraction of sp³-hybridized carbons (Fsp3) is 0.154. The summed E-state index contributed by atoms with van der Waals surface area (Å²) >= 11 is 7.20. The average molecular weight is 522 g/mol. The van der Waals surface area contributed by atoms with Crippen LogP contribution in [0.15, 0.2) is 83.1 Å². The van der Waals surface area contributed by atoms with Crippen LogP contribution in [0.3, 0.4) is 0 Å². The summed E-state index contributed by atoms with van der Waals surface area (Å²) in [5.74, 6) is 1.97. The number of nitrogens with one attached hydrogen (secondary N) is 1. The number of hydrogen-bond acceptors (Lipinski definition) is 7. The van der Waals surface area contributed by atoms with Crippen LogP contribution in [0.4, 0.5) is 0 Å². The van der Waals surface area contributed by atoms with Gasteiger partial charge in [-0.2, -0.15) is 5.10 Å². The van der Waals surface area contributed by atoms with Crippen molar-refractivity contribution < 1.29 is 14.3 Å². The average Bonchev–Trinajstić information content (AvgIpc) is 3.35. The summed E-state index contributed by atoms with van der Waals surface area (Å²) in [5.41, 5.74) is 5.84. The van der Waals surface area contributed by atoms with E-state index < -0.39 is 0 Å². The molecule has 0 aliphatic rings. The first-order valence-electron chi connectivity index (χ1n) is 10.9. The first kappa shape index (κ1) is 25.3. The normalized spacial score (nSPS) is 11.3. The zero-order valence-electron chi connectivity index (χ0n) is 19.9. The standard InChI is InChI=1S/C26H24ClN5O3S/c1-17(18-4-8-20(27)9-5-18)28-29-24(33)16-36-26-31-30-25(19-6-12-22(34-2)13-7-19)32(26)21-10-14-23(35-3)15-11-21/h4-15H,16H2,1-3H3,(H,29,33). The SMILES string of the molecule is COc1ccc(-c2nnc(SCC(=O)NN=C(C)c3ccc(Cl)cc3)n2-c2ccc(OC)cc2)cc1. The lowest BCUT2D eigenvalue weighted by Gasteiger charge is -2.11. The summed E-state index contributed by atoms with van der Waals surface area (Å²) in [6, 6.07) is 22.4. The molecule has 10 heteroatoms. The van der Waals surface area contributed by atoms with Crippen molar-refractivity contribution in [2.45, 2.75) is 12.1 Å². The Morgan fingerprint density at radius 1 is 0.944 bits per heavy atom. The van der Waals surface area contributed by atoms with Crippen LogP contribution in [0, 0.1) is 0 Å². The second-order valence-electron chi connectivity index (χ2n) is 7.60. The van der Waals surface area contributed by atoms with E-state index in [9.17, 15) is 4.79 Å². The zero-order chi connectivity index (χ0) is 25.5. The number of hydrazone groups is 1. The fourth-order valence-corrected chi connectivity index (χ4v) is 4.19. The highest BCUT2D eigenvalue weighted by molar-refractivity contribution is 7.99. The van der Waals surface area contributed by atoms with Crippen LogP contribution in [-0.4, -0.2) is 46.4 Å². The summed E-state index contributed by atoms with van der Waals surface area (Å²) in [6.45, 7) is 1.82. The Morgan fingerprint density at radius 3 is 2.17 bits per heavy atom. The van der Waals surface area contributed by atoms with Crippen molar-refractivity contribution in [1.82, 2.24) is 20.2 Å². The smallest absolute Gasteiger partial charge is 0.250 e. The minimum absolute atomic E-state index is 0.105. The Morgan fingerprint density at radius 2 is 1.56 bits per heavy atom. The minimum Gasteiger partial charge on any atom is -0.497 e. The number of amides is 1. The largest absolute Gasteiger partial charge is 0.497 e. The van der Waals surface area contributed by atoms with Gasteiger partial charge in [0.2, 0.25) is 0 Å². The molecule has 36 heavy (non-hydrogen) atoms. The van der Waals surface area contributed by atoms with E-state index in [-0.39, 0.29) is 11.7 Å². The van der Waals surface area contributed by atoms with Gasteiger partial charge in [0.05, 0.1) is 25.7 Å². The Balaban J connectivity index is 1.54. The number of aromatic nitrogens is 3. The van der Waals surface area contributed by atoms with Gasteiger partial charge in [-0.25, -0.2) is 5.43 Å². The van der Waals surface area contributed by atoms with Gasteiger partial charge in [0.25, 0.3) is 5.91 Å². The van der Waals surface area contributed by atoms with Gasteiger partial charge in [-0.15, -0.1) is 10.2 Å². The highest BCUT2D eigenvalue weighted by atomic mass is 35.5. The molecule has 1 aromatic heterocycles. The molecule has 1 amide bonds. The third-order valence-electron chi connectivity index (χ3n) is 5.25. The molecule has 0 aliphatic carbocycles. The quantitative estimate of drug-likeness (QED) is 0.184. The maximum atomic E-state index is 12.5. The van der Waals surface area contributed by atoms with Crippen LogP contribution < -0.4 is 14.9 Å². The predicted molar refractivity (Wildman–Crippen MR) is 142 cm³/mol. The van der Waals surface area contributed by atoms with Crippen LogP contribution in [0.25, 0.3) is 17.1 Å². The lowest BCUT2D eigenvalue weighted by atomic mass is 10.1. The molecular formula is C26H24ClN5O3S. The van der Waals surface area contributed by atoms with Gasteiger partial charge in [-0.3, -0.25) is 9.36 Å². The fourth-order valence-electron chi connectivity index (χ4n) is 3.32. The second-order valence-corrected chi connectivity index (χ2v) is 8.97. The number of hydrogen-bond donors (Lipinski definition) is 1. The van der Waals surface area contributed by atoms with Crippen LogP contribution in [0.2, 0.25) is 5.02 Å². The number of benzene rings is 3. The molecule has 1 heterocycles. The van der Waals surface area contributed by atoms with Gasteiger partial charge in [0.1, 0.15) is 11.5 Å². The molecule has 184 valence electrons. The number of ether oxygens (including phenoxy) is 2. The highest BCUT2D eigenvalue weighted by Gasteiger charge is 2.17. The second kappa shape index (κ2) is 11.7. The summed E-state index contributed by atoms with van der Waals surface area (Å²) in [7, 11) is 3.24. The first-order valence-corrected chi connectivity index (χ1v) is 12.3. The van der Waals surface area contributed by atoms with E-state index in [1.807, 2.05) is 72.2 Å². The predicted octanol–water partition coefficient (Wildman–Crippen LogP) is 5.24. The van der Waals surface area contributed by atoms with E-state index in [0.29, 0.717) is 21.7 Å². The Kier molecular flexibility index (Phi) is 8.24. The maximum Gasteiger partial charge on any atom is 0.250 e. The van der Waals surface area contributed by atoms with Gasteiger partial charge in [0, 0.05) is 16.3 Å². The van der Waals surface area contributed by atoms with E-state index >= 15 is 0 Å². The van der Waals surface area contributed by atoms with Crippen molar-refractivity contribution in [3.63, 3.8) is 0 Å². The van der Waals surface area contributed by atoms with E-state index in [4.69, 9.17) is 21.1 Å². The number of nitrogens with zero attached hydrogens (tertiary/aromatic N) is 4. The van der Waals surface area contributed by atoms with E-state index in [1.54, 1.807) is 26.4 Å². The summed E-state index contributed by atoms with van der Waals surface area (Å²) in [6.07, 6.45) is 0. The molecule has 0 fully saturated rings. The minimum atomic E-state index is -0.261. The number of carbonyl (C=O) groups excluding carboxylic acids is 1. The summed E-state index contributed by atoms with van der Waals surface area (Å²) in [5, 5.41) is 14.2. The van der Waals surface area contributed by atoms with Crippen molar-refractivity contribution in [3.8, 4) is 28.6 Å². The molecular weight excluding hydrogens is 498 g/mol. The number of thioether (sulfide) groups is 1. The van der Waals surface area contributed by atoms with Crippen molar-refractivity contribution in [1.29, 1.82) is 0 Å². The lowest BCUT2D eigenvalue weighted by molar-refractivity contribution is -0.118. The summed E-state index contributed by atoms with van der Waals surface area (Å²) < 4.78 is 12.5. The Bertz CT molecular complexity index is 1350. The highest BCUT2D eigenvalue weighted by Crippen LogP contribution is 2.29. The molecule has 0 unspecified atom stereocenters. The zero-order valence-corrected chi connectivity index (χ0v) is 21.5. The molecule has 0 spiro atoms. The van der Waals surface area contributed by atoms with Crippen LogP contribution in [0.5, 0.6) is 11.5 Å². The summed E-state index contributed by atoms with van der Waals surface area (Å²) in [4.78, 5) is 12.5. The van der Waals surface area contributed by atoms with Crippen molar-refractivity contribution in [3.05, 3.63) is 83.4 Å². The van der Waals surface area contributed by atoms with Crippen LogP contribution in [0.1, 0.15) is 12.5 Å². The molecule has 0 radical (unpaired) electrons. The van der Waals surface area contributed by atoms with Gasteiger partial charge >= 0.3 is 0 Å². The van der Waals surface area contributed by atoms with Gasteiger partial charge in [-0.1, -0.05) is 35.5 Å². The monoisotopic (exact) mass is 521 g/mol. The number of methoxy groups -OCH3 is 2. The molecule has 1 N–H and O–H groups in total. The number of rotatable bonds is 9. The molecule has 0 saturated heterocycles. The molecule has 8 nitrogen and oxygen atoms in total. The first-order chi connectivity index (χ1) is 17.5. The van der Waals surface area contributed by atoms with Crippen molar-refractivity contribution in [2.24, 2.45) is 5.10 Å². The van der Waals surface area contributed by atoms with Gasteiger partial charge in [-0.05, 0) is 73.2 Å². The van der Waals surface area contributed by atoms with E-state index in [2.05, 4.69) is 20.7 Å². The Labute approximate surface area is 218 Å². The van der Waals surface area contributed by atoms with Crippen LogP contribution in [-0.2, 0) is 4.79 Å². The molecule has 0 bridgehead atoms. The maximum absolute atomic E-state index is 12.5. The van der Waals surface area contributed by atoms with Crippen molar-refractivity contribution in [2.75, 3.05) is 20.0 Å². The topological polar surface area (TPSA) is 90.6 Å². The van der Waals surface area contributed by atoms with Gasteiger partial charge in [0.15, 0.2) is 11.0 Å². The third-order valence-corrected chi connectivity index (χ3v) is 6.44. The lowest BCUT2D eigenvalue weighted by Crippen LogP contribution is -2.21. The Hall–Kier alpha value is -3.82. The molecule has 0 saturated carbocycles. The van der Waals surface area contributed by atoms with Crippen molar-refractivity contribution >= 4 is 35.0 Å². The molecule has 4 aromatic rings. The molecule has 0 atom stereocenters. The third kappa shape index (κ3) is 6.05. The van der Waals surface area contributed by atoms with Gasteiger partial charge < -0.3 is 9.47 Å². The van der Waals surface area contributed by atoms with Crippen LogP contribution >= 0.6 is 23.4 Å². The number of halogens is 1. The number of carbonyl (C=O) groups is 1. The molecule has 0 aliphatic heterocycles. The van der Waals surface area contributed by atoms with E-state index in [1.165, 1.54) is 11.8 Å². The van der Waals surface area contributed by atoms with E-state index in [0.717, 1.165) is 28.3 Å². The molecule has 3 aromatic carbocycles. The molecule has 4 rings (SSSR count).